The first-order valence-corrected chi connectivity index (χ1v) is 10.2. The quantitative estimate of drug-likeness (QED) is 0.221. The van der Waals surface area contributed by atoms with Crippen molar-refractivity contribution in [3.63, 3.8) is 0 Å². The second kappa shape index (κ2) is 9.15. The number of amides is 3. The van der Waals surface area contributed by atoms with E-state index >= 15 is 0 Å². The summed E-state index contributed by atoms with van der Waals surface area (Å²) in [6.45, 7) is -0.366. The molecule has 3 rings (SSSR count). The fourth-order valence-corrected chi connectivity index (χ4v) is 4.35. The number of rotatable bonds is 7. The molecular weight excluding hydrogens is 422 g/mol. The number of methoxy groups -OCH3 is 1. The molecule has 3 N–H and O–H groups in total. The molecule has 0 saturated carbocycles. The standard InChI is InChI=1S/C16H17N5O6S2/c1-27-8-2-13(23)21(4-8)16(25)11-7-29-15(20-11)9(5-22)19-14(24)10-6-28-12(18-10)3-17-26/h2-3,6,9,11,22,26H,4-5,7H2,1H3,(H,19,24)/b17-3+/t9-,11+/m1/s1. The third-order valence-corrected chi connectivity index (χ3v) is 6.01. The van der Waals surface area contributed by atoms with Crippen molar-refractivity contribution in [1.82, 2.24) is 15.2 Å². The van der Waals surface area contributed by atoms with Crippen LogP contribution in [-0.2, 0) is 14.3 Å². The third kappa shape index (κ3) is 4.63. The van der Waals surface area contributed by atoms with Crippen molar-refractivity contribution in [3.8, 4) is 0 Å². The van der Waals surface area contributed by atoms with Gasteiger partial charge in [-0.3, -0.25) is 24.3 Å². The van der Waals surface area contributed by atoms with Crippen LogP contribution < -0.4 is 5.32 Å². The second-order valence-corrected chi connectivity index (χ2v) is 7.83. The van der Waals surface area contributed by atoms with Crippen LogP contribution in [0.15, 0.2) is 27.4 Å². The summed E-state index contributed by atoms with van der Waals surface area (Å²) in [6, 6.07) is -1.61. The number of oxime groups is 1. The number of thiazole rings is 1. The summed E-state index contributed by atoms with van der Waals surface area (Å²) in [6.07, 6.45) is 2.35. The van der Waals surface area contributed by atoms with Crippen LogP contribution in [0, 0.1) is 0 Å². The number of carbonyl (C=O) groups excluding carboxylic acids is 3. The van der Waals surface area contributed by atoms with Gasteiger partial charge >= 0.3 is 0 Å². The van der Waals surface area contributed by atoms with Crippen LogP contribution in [0.1, 0.15) is 15.5 Å². The summed E-state index contributed by atoms with van der Waals surface area (Å²) in [7, 11) is 1.42. The van der Waals surface area contributed by atoms with E-state index in [1.165, 1.54) is 30.3 Å². The van der Waals surface area contributed by atoms with E-state index in [0.717, 1.165) is 22.5 Å². The summed E-state index contributed by atoms with van der Waals surface area (Å²) >= 11 is 2.34. The van der Waals surface area contributed by atoms with Gasteiger partial charge in [0.05, 0.1) is 25.3 Å². The molecule has 0 radical (unpaired) electrons. The number of imide groups is 1. The minimum Gasteiger partial charge on any atom is -0.499 e. The van der Waals surface area contributed by atoms with Gasteiger partial charge in [0.2, 0.25) is 0 Å². The van der Waals surface area contributed by atoms with Crippen molar-refractivity contribution >= 4 is 52.1 Å². The largest absolute Gasteiger partial charge is 0.499 e. The Morgan fingerprint density at radius 3 is 3.00 bits per heavy atom. The summed E-state index contributed by atoms with van der Waals surface area (Å²) in [5, 5.41) is 25.8. The molecule has 2 atom stereocenters. The highest BCUT2D eigenvalue weighted by molar-refractivity contribution is 8.14. The summed E-state index contributed by atoms with van der Waals surface area (Å²) in [4.78, 5) is 46.2. The molecule has 2 aliphatic rings. The Morgan fingerprint density at radius 2 is 2.34 bits per heavy atom. The van der Waals surface area contributed by atoms with E-state index in [4.69, 9.17) is 9.94 Å². The Morgan fingerprint density at radius 1 is 1.55 bits per heavy atom. The van der Waals surface area contributed by atoms with Gasteiger partial charge in [-0.25, -0.2) is 4.98 Å². The van der Waals surface area contributed by atoms with E-state index in [-0.39, 0.29) is 12.2 Å². The second-order valence-electron chi connectivity index (χ2n) is 5.90. The number of aromatic nitrogens is 1. The Kier molecular flexibility index (Phi) is 6.61. The van der Waals surface area contributed by atoms with Gasteiger partial charge in [-0.1, -0.05) is 5.16 Å². The van der Waals surface area contributed by atoms with E-state index in [9.17, 15) is 19.5 Å². The Balaban J connectivity index is 1.65. The minimum atomic E-state index is -0.816. The van der Waals surface area contributed by atoms with Gasteiger partial charge in [0.1, 0.15) is 34.8 Å². The molecule has 29 heavy (non-hydrogen) atoms. The van der Waals surface area contributed by atoms with Crippen LogP contribution in [0.4, 0.5) is 0 Å². The molecule has 154 valence electrons. The molecule has 0 fully saturated rings. The van der Waals surface area contributed by atoms with Crippen LogP contribution in [0.3, 0.4) is 0 Å². The highest BCUT2D eigenvalue weighted by Crippen LogP contribution is 2.24. The molecule has 0 saturated heterocycles. The minimum absolute atomic E-state index is 0.0592. The number of hydrogen-bond donors (Lipinski definition) is 3. The van der Waals surface area contributed by atoms with Gasteiger partial charge in [-0.2, -0.15) is 0 Å². The van der Waals surface area contributed by atoms with Gasteiger partial charge in [-0.15, -0.1) is 23.1 Å². The van der Waals surface area contributed by atoms with E-state index in [1.54, 1.807) is 0 Å². The molecule has 3 amide bonds. The van der Waals surface area contributed by atoms with E-state index in [0.29, 0.717) is 21.6 Å². The Bertz CT molecular complexity index is 911. The van der Waals surface area contributed by atoms with Crippen molar-refractivity contribution < 1.29 is 29.4 Å². The third-order valence-electron chi connectivity index (χ3n) is 4.06. The number of aliphatic hydroxyl groups excluding tert-OH is 1. The molecule has 0 unspecified atom stereocenters. The fraction of sp³-hybridized carbons (Fsp3) is 0.375. The zero-order chi connectivity index (χ0) is 21.0. The number of carbonyl (C=O) groups is 3. The maximum atomic E-state index is 12.6. The van der Waals surface area contributed by atoms with E-state index in [1.807, 2.05) is 0 Å². The van der Waals surface area contributed by atoms with Crippen LogP contribution in [0.25, 0.3) is 0 Å². The molecule has 11 nitrogen and oxygen atoms in total. The first-order valence-electron chi connectivity index (χ1n) is 8.32. The first kappa shape index (κ1) is 21.0. The van der Waals surface area contributed by atoms with Crippen LogP contribution in [0.5, 0.6) is 0 Å². The predicted octanol–water partition coefficient (Wildman–Crippen LogP) is -0.545. The molecule has 1 aromatic heterocycles. The van der Waals surface area contributed by atoms with Crippen LogP contribution in [-0.4, -0.2) is 87.3 Å². The molecule has 3 heterocycles. The van der Waals surface area contributed by atoms with Gasteiger partial charge in [0.15, 0.2) is 0 Å². The summed E-state index contributed by atoms with van der Waals surface area (Å²) in [5.74, 6) is -0.776. The average Bonchev–Trinajstić information content (AvgIpc) is 3.45. The highest BCUT2D eigenvalue weighted by Gasteiger charge is 2.37. The van der Waals surface area contributed by atoms with Crippen molar-refractivity contribution in [1.29, 1.82) is 0 Å². The van der Waals surface area contributed by atoms with Gasteiger partial charge < -0.3 is 20.4 Å². The number of ether oxygens (including phenoxy) is 1. The van der Waals surface area contributed by atoms with Crippen molar-refractivity contribution in [2.45, 2.75) is 12.1 Å². The molecule has 0 aliphatic carbocycles. The van der Waals surface area contributed by atoms with Crippen molar-refractivity contribution in [2.24, 2.45) is 10.1 Å². The average molecular weight is 439 g/mol. The molecular formula is C16H17N5O6S2. The lowest BCUT2D eigenvalue weighted by Crippen LogP contribution is -2.42. The number of aliphatic imine (C=N–C) groups is 1. The fourth-order valence-electron chi connectivity index (χ4n) is 2.61. The number of nitrogens with one attached hydrogen (secondary N) is 1. The summed E-state index contributed by atoms with van der Waals surface area (Å²) in [5.41, 5.74) is 0.0976. The maximum Gasteiger partial charge on any atom is 0.271 e. The zero-order valence-corrected chi connectivity index (χ0v) is 16.8. The molecule has 1 aromatic rings. The molecule has 0 bridgehead atoms. The monoisotopic (exact) mass is 439 g/mol. The highest BCUT2D eigenvalue weighted by atomic mass is 32.2. The Hall–Kier alpha value is -2.77. The maximum absolute atomic E-state index is 12.6. The Labute approximate surface area is 173 Å². The molecule has 2 aliphatic heterocycles. The SMILES string of the molecule is COC1=CC(=O)N(C(=O)[C@@H]2CSC([C@@H](CO)NC(=O)c3csc(/C=N/O)n3)=N2)C1. The van der Waals surface area contributed by atoms with E-state index in [2.05, 4.69) is 20.4 Å². The van der Waals surface area contributed by atoms with Gasteiger partial charge in [0.25, 0.3) is 17.7 Å². The molecule has 0 spiro atoms. The number of thioether (sulfide) groups is 1. The predicted molar refractivity (Wildman–Crippen MR) is 105 cm³/mol. The molecule has 13 heteroatoms. The lowest BCUT2D eigenvalue weighted by Gasteiger charge is -2.17. The van der Waals surface area contributed by atoms with Crippen LogP contribution in [0.2, 0.25) is 0 Å². The topological polar surface area (TPSA) is 154 Å². The zero-order valence-electron chi connectivity index (χ0n) is 15.1. The number of nitrogens with zero attached hydrogens (tertiary/aromatic N) is 4. The molecule has 0 aromatic carbocycles. The van der Waals surface area contributed by atoms with E-state index < -0.39 is 36.4 Å². The van der Waals surface area contributed by atoms with Gasteiger partial charge in [-0.05, 0) is 0 Å². The smallest absolute Gasteiger partial charge is 0.271 e. The van der Waals surface area contributed by atoms with Crippen molar-refractivity contribution in [3.05, 3.63) is 27.9 Å². The lowest BCUT2D eigenvalue weighted by molar-refractivity contribution is -0.141. The lowest BCUT2D eigenvalue weighted by atomic mass is 10.2. The van der Waals surface area contributed by atoms with Gasteiger partial charge in [0, 0.05) is 17.2 Å². The van der Waals surface area contributed by atoms with Crippen molar-refractivity contribution in [2.75, 3.05) is 26.0 Å². The number of aliphatic hydroxyl groups is 1. The van der Waals surface area contributed by atoms with Crippen LogP contribution >= 0.6 is 23.1 Å². The normalized spacial score (nSPS) is 20.0. The first-order chi connectivity index (χ1) is 14.0. The number of hydrogen-bond acceptors (Lipinski definition) is 11. The summed E-state index contributed by atoms with van der Waals surface area (Å²) < 4.78 is 5.00.